The van der Waals surface area contributed by atoms with E-state index in [0.717, 1.165) is 38.5 Å². The van der Waals surface area contributed by atoms with Gasteiger partial charge in [0.05, 0.1) is 37.6 Å². The number of hydrogen-bond acceptors (Lipinski definition) is 5. The van der Waals surface area contributed by atoms with Crippen molar-refractivity contribution in [1.29, 1.82) is 5.26 Å². The number of rotatable bonds is 3. The second-order valence-electron chi connectivity index (χ2n) is 16.6. The lowest BCUT2D eigenvalue weighted by Crippen LogP contribution is -2.74. The Bertz CT molecular complexity index is 1100. The van der Waals surface area contributed by atoms with Crippen LogP contribution in [0.5, 0.6) is 0 Å². The summed E-state index contributed by atoms with van der Waals surface area (Å²) in [4.78, 5) is 15.0. The van der Waals surface area contributed by atoms with Gasteiger partial charge in [-0.2, -0.15) is 5.26 Å². The van der Waals surface area contributed by atoms with Gasteiger partial charge >= 0.3 is 0 Å². The third kappa shape index (κ3) is 3.63. The standard InChI is InChI=1S/C34H53NO4/c1-10-33-14-13-32(9)31(8)12-11-23-29(5,6)21-38-20-22(18-35)16-30(23,7)24(31)15-26(37)34(32,39-27(33)19-36)25(33)17-28(2,3)4/h16,23-25,27,36H,10-15,17,19-21H2,1-9H3/b22-16-/t23-,24+,25?,27?,30-,31+,32-,33-,34+/m0/s1. The van der Waals surface area contributed by atoms with E-state index in [1.165, 1.54) is 0 Å². The molecule has 0 aromatic rings. The zero-order valence-corrected chi connectivity index (χ0v) is 26.1. The Morgan fingerprint density at radius 2 is 1.79 bits per heavy atom. The maximum absolute atomic E-state index is 15.0. The van der Waals surface area contributed by atoms with Crippen molar-refractivity contribution in [2.24, 2.45) is 50.2 Å². The fourth-order valence-corrected chi connectivity index (χ4v) is 11.4. The maximum Gasteiger partial charge on any atom is 0.165 e. The molecule has 3 saturated carbocycles. The molecule has 0 amide bonds. The molecule has 4 fully saturated rings. The third-order valence-corrected chi connectivity index (χ3v) is 13.3. The Kier molecular flexibility index (Phi) is 6.67. The Balaban J connectivity index is 1.72. The van der Waals surface area contributed by atoms with E-state index < -0.39 is 5.60 Å². The Morgan fingerprint density at radius 3 is 2.38 bits per heavy atom. The van der Waals surface area contributed by atoms with E-state index in [1.807, 2.05) is 0 Å². The number of ether oxygens (including phenoxy) is 2. The van der Waals surface area contributed by atoms with Gasteiger partial charge in [0.25, 0.3) is 0 Å². The number of nitrogens with zero attached hydrogens (tertiary/aromatic N) is 1. The van der Waals surface area contributed by atoms with Crippen LogP contribution in [0.4, 0.5) is 0 Å². The Hall–Kier alpha value is -1.22. The van der Waals surface area contributed by atoms with Gasteiger partial charge in [-0.15, -0.1) is 0 Å². The highest BCUT2D eigenvalue weighted by molar-refractivity contribution is 5.91. The number of allylic oxidation sites excluding steroid dienone is 1. The quantitative estimate of drug-likeness (QED) is 0.423. The molecule has 5 aliphatic rings. The molecule has 9 atom stereocenters. The predicted octanol–water partition coefficient (Wildman–Crippen LogP) is 6.88. The van der Waals surface area contributed by atoms with Crippen LogP contribution >= 0.6 is 0 Å². The normalized spacial score (nSPS) is 50.4. The number of fused-ring (bicyclic) bond motifs is 5. The van der Waals surface area contributed by atoms with E-state index in [0.29, 0.717) is 31.1 Å². The van der Waals surface area contributed by atoms with Crippen LogP contribution in [0.25, 0.3) is 0 Å². The van der Waals surface area contributed by atoms with Gasteiger partial charge in [0.2, 0.25) is 0 Å². The van der Waals surface area contributed by atoms with Crippen molar-refractivity contribution >= 4 is 5.78 Å². The smallest absolute Gasteiger partial charge is 0.165 e. The summed E-state index contributed by atoms with van der Waals surface area (Å²) in [5, 5.41) is 20.7. The molecular formula is C34H53NO4. The lowest BCUT2D eigenvalue weighted by atomic mass is 9.32. The number of carbonyl (C=O) groups is 1. The van der Waals surface area contributed by atoms with Gasteiger partial charge in [-0.3, -0.25) is 4.79 Å². The van der Waals surface area contributed by atoms with Crippen molar-refractivity contribution in [2.45, 2.75) is 119 Å². The van der Waals surface area contributed by atoms with Crippen LogP contribution < -0.4 is 0 Å². The summed E-state index contributed by atoms with van der Waals surface area (Å²) in [7, 11) is 0. The monoisotopic (exact) mass is 539 g/mol. The van der Waals surface area contributed by atoms with Crippen LogP contribution in [-0.2, 0) is 14.3 Å². The highest BCUT2D eigenvalue weighted by Crippen LogP contribution is 2.79. The summed E-state index contributed by atoms with van der Waals surface area (Å²) < 4.78 is 13.1. The fourth-order valence-electron chi connectivity index (χ4n) is 11.4. The average Bonchev–Trinajstić information content (AvgIpc) is 3.03. The first kappa shape index (κ1) is 29.3. The molecule has 2 bridgehead atoms. The van der Waals surface area contributed by atoms with E-state index in [2.05, 4.69) is 74.5 Å². The molecule has 39 heavy (non-hydrogen) atoms. The highest BCUT2D eigenvalue weighted by Gasteiger charge is 2.81. The second kappa shape index (κ2) is 8.89. The zero-order valence-electron chi connectivity index (χ0n) is 26.1. The lowest BCUT2D eigenvalue weighted by Gasteiger charge is -2.72. The Labute approximate surface area is 237 Å². The van der Waals surface area contributed by atoms with E-state index in [4.69, 9.17) is 9.47 Å². The van der Waals surface area contributed by atoms with Gasteiger partial charge in [-0.05, 0) is 72.0 Å². The van der Waals surface area contributed by atoms with Crippen molar-refractivity contribution in [2.75, 3.05) is 19.8 Å². The molecule has 1 saturated heterocycles. The number of aliphatic hydroxyl groups excluding tert-OH is 1. The molecule has 5 nitrogen and oxygen atoms in total. The molecule has 0 aromatic heterocycles. The van der Waals surface area contributed by atoms with Crippen molar-refractivity contribution in [3.63, 3.8) is 0 Å². The first-order valence-electron chi connectivity index (χ1n) is 15.5. The van der Waals surface area contributed by atoms with Crippen molar-refractivity contribution in [3.05, 3.63) is 11.6 Å². The van der Waals surface area contributed by atoms with Crippen LogP contribution in [0, 0.1) is 61.6 Å². The fraction of sp³-hybridized carbons (Fsp3) is 0.882. The van der Waals surface area contributed by atoms with Crippen LogP contribution in [0.15, 0.2) is 11.6 Å². The number of aliphatic hydroxyl groups is 1. The molecule has 5 heteroatoms. The molecular weight excluding hydrogens is 486 g/mol. The maximum atomic E-state index is 15.0. The number of nitriles is 1. The van der Waals surface area contributed by atoms with Gasteiger partial charge in [-0.1, -0.05) is 68.4 Å². The van der Waals surface area contributed by atoms with Crippen LogP contribution in [0.2, 0.25) is 0 Å². The molecule has 2 aliphatic heterocycles. The average molecular weight is 540 g/mol. The first-order valence-corrected chi connectivity index (χ1v) is 15.5. The molecule has 1 spiro atoms. The van der Waals surface area contributed by atoms with E-state index in [-0.39, 0.29) is 62.8 Å². The van der Waals surface area contributed by atoms with E-state index in [9.17, 15) is 15.2 Å². The molecule has 2 unspecified atom stereocenters. The number of carbonyl (C=O) groups excluding carboxylic acids is 1. The largest absolute Gasteiger partial charge is 0.394 e. The summed E-state index contributed by atoms with van der Waals surface area (Å²) in [6.45, 7) is 21.8. The minimum absolute atomic E-state index is 0.0258. The van der Waals surface area contributed by atoms with Crippen molar-refractivity contribution in [3.8, 4) is 6.07 Å². The van der Waals surface area contributed by atoms with E-state index >= 15 is 0 Å². The number of ketones is 1. The number of hydrogen-bond donors (Lipinski definition) is 1. The molecule has 218 valence electrons. The molecule has 1 N–H and O–H groups in total. The first-order chi connectivity index (χ1) is 18.0. The van der Waals surface area contributed by atoms with Gasteiger partial charge in [-0.25, -0.2) is 0 Å². The van der Waals surface area contributed by atoms with E-state index in [1.54, 1.807) is 0 Å². The van der Waals surface area contributed by atoms with Gasteiger partial charge in [0.15, 0.2) is 5.78 Å². The van der Waals surface area contributed by atoms with Gasteiger partial charge < -0.3 is 14.6 Å². The SMILES string of the molecule is CC[C@@]12CC[C@]3(C)[C@](OC1CO)(C(=O)C[C@@H]1[C@@]4(C)/C=C(/C#N)COCC(C)(C)[C@@H]4CC[C@]13C)C2CC(C)(C)C. The molecule has 0 radical (unpaired) electrons. The summed E-state index contributed by atoms with van der Waals surface area (Å²) in [6.07, 6.45) is 8.25. The molecule has 5 rings (SSSR count). The third-order valence-electron chi connectivity index (χ3n) is 13.3. The molecule has 0 aromatic carbocycles. The summed E-state index contributed by atoms with van der Waals surface area (Å²) in [5.74, 6) is 0.776. The topological polar surface area (TPSA) is 79.5 Å². The van der Waals surface area contributed by atoms with Crippen LogP contribution in [0.3, 0.4) is 0 Å². The zero-order chi connectivity index (χ0) is 28.9. The summed E-state index contributed by atoms with van der Waals surface area (Å²) in [6, 6.07) is 2.43. The van der Waals surface area contributed by atoms with Gasteiger partial charge in [0, 0.05) is 23.2 Å². The van der Waals surface area contributed by atoms with Crippen LogP contribution in [0.1, 0.15) is 107 Å². The minimum atomic E-state index is -0.877. The van der Waals surface area contributed by atoms with Gasteiger partial charge in [0.1, 0.15) is 5.60 Å². The van der Waals surface area contributed by atoms with Crippen LogP contribution in [-0.4, -0.2) is 42.4 Å². The van der Waals surface area contributed by atoms with Crippen molar-refractivity contribution in [1.82, 2.24) is 0 Å². The second-order valence-corrected chi connectivity index (χ2v) is 16.6. The Morgan fingerprint density at radius 1 is 1.10 bits per heavy atom. The highest BCUT2D eigenvalue weighted by atomic mass is 16.5. The predicted molar refractivity (Wildman–Crippen MR) is 153 cm³/mol. The molecule has 3 aliphatic carbocycles. The minimum Gasteiger partial charge on any atom is -0.394 e. The van der Waals surface area contributed by atoms with Crippen molar-refractivity contribution < 1.29 is 19.4 Å². The summed E-state index contributed by atoms with van der Waals surface area (Å²) >= 11 is 0. The summed E-state index contributed by atoms with van der Waals surface area (Å²) in [5.41, 5.74) is -1.16. The number of Topliss-reactive ketones (excluding diaryl/α,β-unsaturated/α-hetero) is 1. The molecule has 2 heterocycles. The lowest BCUT2D eigenvalue weighted by molar-refractivity contribution is -0.256.